The van der Waals surface area contributed by atoms with Crippen molar-refractivity contribution in [3.05, 3.63) is 64.6 Å². The van der Waals surface area contributed by atoms with Gasteiger partial charge >= 0.3 is 5.97 Å². The number of hydrogen-bond acceptors (Lipinski definition) is 5. The van der Waals surface area contributed by atoms with Gasteiger partial charge in [0.15, 0.2) is 5.76 Å². The molecule has 0 amide bonds. The van der Waals surface area contributed by atoms with Crippen LogP contribution in [0.5, 0.6) is 0 Å². The SMILES string of the molecule is C=CC(=O)O/C(=C(\C#N)c1nc(C(C)(C)C)cs1)c1ccccc1. The Morgan fingerprint density at radius 2 is 2.00 bits per heavy atom. The lowest BCUT2D eigenvalue weighted by atomic mass is 9.93. The summed E-state index contributed by atoms with van der Waals surface area (Å²) in [6.45, 7) is 9.57. The summed E-state index contributed by atoms with van der Waals surface area (Å²) >= 11 is 1.36. The molecule has 0 aliphatic heterocycles. The van der Waals surface area contributed by atoms with Gasteiger partial charge in [0.25, 0.3) is 0 Å². The van der Waals surface area contributed by atoms with Crippen LogP contribution in [0, 0.1) is 11.3 Å². The Morgan fingerprint density at radius 1 is 1.33 bits per heavy atom. The number of ether oxygens (including phenoxy) is 1. The Bertz CT molecular complexity index is 821. The maximum atomic E-state index is 11.7. The number of thiazole rings is 1. The fourth-order valence-corrected chi connectivity index (χ4v) is 2.95. The molecule has 0 saturated heterocycles. The van der Waals surface area contributed by atoms with E-state index in [-0.39, 0.29) is 16.7 Å². The zero-order valence-corrected chi connectivity index (χ0v) is 14.7. The van der Waals surface area contributed by atoms with Crippen molar-refractivity contribution in [3.63, 3.8) is 0 Å². The van der Waals surface area contributed by atoms with Gasteiger partial charge in [-0.25, -0.2) is 9.78 Å². The molecule has 0 aliphatic rings. The highest BCUT2D eigenvalue weighted by atomic mass is 32.1. The lowest BCUT2D eigenvalue weighted by Crippen LogP contribution is -2.11. The molecule has 0 bridgehead atoms. The smallest absolute Gasteiger partial charge is 0.335 e. The summed E-state index contributed by atoms with van der Waals surface area (Å²) in [5.41, 5.74) is 1.63. The van der Waals surface area contributed by atoms with Gasteiger partial charge < -0.3 is 4.74 Å². The summed E-state index contributed by atoms with van der Waals surface area (Å²) < 4.78 is 5.35. The van der Waals surface area contributed by atoms with Crippen molar-refractivity contribution in [2.45, 2.75) is 26.2 Å². The minimum Gasteiger partial charge on any atom is -0.421 e. The zero-order chi connectivity index (χ0) is 17.7. The molecule has 2 rings (SSSR count). The van der Waals surface area contributed by atoms with E-state index in [4.69, 9.17) is 4.74 Å². The van der Waals surface area contributed by atoms with E-state index < -0.39 is 5.97 Å². The molecule has 0 fully saturated rings. The molecule has 1 aromatic carbocycles. The number of nitrogens with zero attached hydrogens (tertiary/aromatic N) is 2. The topological polar surface area (TPSA) is 63.0 Å². The molecule has 0 aliphatic carbocycles. The fourth-order valence-electron chi connectivity index (χ4n) is 1.91. The van der Waals surface area contributed by atoms with Crippen LogP contribution >= 0.6 is 11.3 Å². The largest absolute Gasteiger partial charge is 0.421 e. The highest BCUT2D eigenvalue weighted by Gasteiger charge is 2.22. The molecule has 4 nitrogen and oxygen atoms in total. The van der Waals surface area contributed by atoms with Gasteiger partial charge in [0.2, 0.25) is 0 Å². The number of esters is 1. The number of carbonyl (C=O) groups is 1. The van der Waals surface area contributed by atoms with Crippen LogP contribution in [0.2, 0.25) is 0 Å². The third kappa shape index (κ3) is 3.98. The maximum absolute atomic E-state index is 11.7. The molecule has 0 atom stereocenters. The van der Waals surface area contributed by atoms with Crippen molar-refractivity contribution in [1.29, 1.82) is 5.26 Å². The third-order valence-corrected chi connectivity index (χ3v) is 4.09. The average Bonchev–Trinajstić information content (AvgIpc) is 3.05. The Hall–Kier alpha value is -2.71. The highest BCUT2D eigenvalue weighted by Crippen LogP contribution is 2.32. The first-order valence-electron chi connectivity index (χ1n) is 7.37. The summed E-state index contributed by atoms with van der Waals surface area (Å²) in [4.78, 5) is 16.3. The normalized spacial score (nSPS) is 12.1. The molecule has 24 heavy (non-hydrogen) atoms. The molecule has 0 N–H and O–H groups in total. The number of nitriles is 1. The van der Waals surface area contributed by atoms with E-state index in [0.29, 0.717) is 10.6 Å². The quantitative estimate of drug-likeness (QED) is 0.355. The van der Waals surface area contributed by atoms with Gasteiger partial charge in [-0.1, -0.05) is 57.7 Å². The van der Waals surface area contributed by atoms with E-state index in [1.807, 2.05) is 23.6 Å². The van der Waals surface area contributed by atoms with E-state index in [1.54, 1.807) is 12.1 Å². The molecule has 0 radical (unpaired) electrons. The molecule has 0 spiro atoms. The second-order valence-electron chi connectivity index (χ2n) is 6.10. The Morgan fingerprint density at radius 3 is 2.50 bits per heavy atom. The van der Waals surface area contributed by atoms with E-state index in [9.17, 15) is 10.1 Å². The van der Waals surface area contributed by atoms with E-state index in [0.717, 1.165) is 11.8 Å². The van der Waals surface area contributed by atoms with Crippen molar-refractivity contribution in [2.24, 2.45) is 0 Å². The van der Waals surface area contributed by atoms with Crippen LogP contribution in [0.3, 0.4) is 0 Å². The molecule has 0 unspecified atom stereocenters. The van der Waals surface area contributed by atoms with Crippen LogP contribution in [-0.4, -0.2) is 11.0 Å². The summed E-state index contributed by atoms with van der Waals surface area (Å²) in [7, 11) is 0. The Kier molecular flexibility index (Phi) is 5.32. The predicted octanol–water partition coefficient (Wildman–Crippen LogP) is 4.56. The summed E-state index contributed by atoms with van der Waals surface area (Å²) in [6.07, 6.45) is 1.07. The Balaban J connectivity index is 2.61. The van der Waals surface area contributed by atoms with Crippen molar-refractivity contribution in [1.82, 2.24) is 4.98 Å². The van der Waals surface area contributed by atoms with Crippen molar-refractivity contribution < 1.29 is 9.53 Å². The summed E-state index contributed by atoms with van der Waals surface area (Å²) in [5, 5.41) is 12.1. The van der Waals surface area contributed by atoms with Gasteiger partial charge in [-0.15, -0.1) is 11.3 Å². The third-order valence-electron chi connectivity index (χ3n) is 3.23. The highest BCUT2D eigenvalue weighted by molar-refractivity contribution is 7.11. The minimum atomic E-state index is -0.616. The zero-order valence-electron chi connectivity index (χ0n) is 13.9. The van der Waals surface area contributed by atoms with Crippen LogP contribution in [0.15, 0.2) is 48.4 Å². The van der Waals surface area contributed by atoms with Crippen LogP contribution in [0.4, 0.5) is 0 Å². The second-order valence-corrected chi connectivity index (χ2v) is 6.95. The minimum absolute atomic E-state index is 0.125. The standard InChI is InChI=1S/C19H18N2O2S/c1-5-16(22)23-17(13-9-7-6-8-10-13)14(11-20)18-21-15(12-24-18)19(2,3)4/h5-10,12H,1H2,2-4H3/b17-14+. The Labute approximate surface area is 145 Å². The maximum Gasteiger partial charge on any atom is 0.335 e. The average molecular weight is 338 g/mol. The number of aromatic nitrogens is 1. The van der Waals surface area contributed by atoms with E-state index >= 15 is 0 Å². The molecule has 1 aromatic heterocycles. The van der Waals surface area contributed by atoms with Crippen LogP contribution in [0.25, 0.3) is 11.3 Å². The molecule has 2 aromatic rings. The first kappa shape index (κ1) is 17.6. The molecule has 122 valence electrons. The van der Waals surface area contributed by atoms with Crippen LogP contribution < -0.4 is 0 Å². The van der Waals surface area contributed by atoms with E-state index in [1.165, 1.54) is 11.3 Å². The first-order chi connectivity index (χ1) is 11.4. The summed E-state index contributed by atoms with van der Waals surface area (Å²) in [5.74, 6) is -0.424. The first-order valence-corrected chi connectivity index (χ1v) is 8.25. The van der Waals surface area contributed by atoms with Crippen molar-refractivity contribution >= 4 is 28.6 Å². The van der Waals surface area contributed by atoms with E-state index in [2.05, 4.69) is 38.4 Å². The molecule has 5 heteroatoms. The second kappa shape index (κ2) is 7.24. The molecule has 1 heterocycles. The van der Waals surface area contributed by atoms with Gasteiger partial charge in [-0.05, 0) is 0 Å². The molecular formula is C19H18N2O2S. The number of allylic oxidation sites excluding steroid dienone is 1. The van der Waals surface area contributed by atoms with Gasteiger partial charge in [0.1, 0.15) is 16.6 Å². The molecule has 0 saturated carbocycles. The lowest BCUT2D eigenvalue weighted by Gasteiger charge is -2.14. The number of benzene rings is 1. The van der Waals surface area contributed by atoms with Crippen LogP contribution in [-0.2, 0) is 14.9 Å². The number of carbonyl (C=O) groups excluding carboxylic acids is 1. The monoisotopic (exact) mass is 338 g/mol. The van der Waals surface area contributed by atoms with Crippen molar-refractivity contribution in [3.8, 4) is 6.07 Å². The molecular weight excluding hydrogens is 320 g/mol. The van der Waals surface area contributed by atoms with Gasteiger partial charge in [0, 0.05) is 22.4 Å². The van der Waals surface area contributed by atoms with Gasteiger partial charge in [-0.3, -0.25) is 0 Å². The number of rotatable bonds is 4. The number of hydrogen-bond donors (Lipinski definition) is 0. The lowest BCUT2D eigenvalue weighted by molar-refractivity contribution is -0.131. The summed E-state index contributed by atoms with van der Waals surface area (Å²) in [6, 6.07) is 11.2. The predicted molar refractivity (Wildman–Crippen MR) is 96.0 cm³/mol. The van der Waals surface area contributed by atoms with Gasteiger partial charge in [-0.2, -0.15) is 5.26 Å². The fraction of sp³-hybridized carbons (Fsp3) is 0.211. The van der Waals surface area contributed by atoms with Crippen molar-refractivity contribution in [2.75, 3.05) is 0 Å². The van der Waals surface area contributed by atoms with Crippen LogP contribution in [0.1, 0.15) is 37.0 Å². The van der Waals surface area contributed by atoms with Gasteiger partial charge in [0.05, 0.1) is 5.69 Å².